The maximum atomic E-state index is 12.5. The predicted octanol–water partition coefficient (Wildman–Crippen LogP) is 5.24. The van der Waals surface area contributed by atoms with Crippen LogP contribution in [-0.2, 0) is 0 Å². The van der Waals surface area contributed by atoms with Gasteiger partial charge in [-0.25, -0.2) is 0 Å². The Bertz CT molecular complexity index is 1290. The number of rotatable bonds is 4. The third-order valence-electron chi connectivity index (χ3n) is 4.24. The zero-order valence-electron chi connectivity index (χ0n) is 15.6. The molecule has 2 heterocycles. The summed E-state index contributed by atoms with van der Waals surface area (Å²) in [5.41, 5.74) is 5.52. The largest absolute Gasteiger partial charge is 0.459 e. The maximum absolute atomic E-state index is 12.5. The van der Waals surface area contributed by atoms with E-state index >= 15 is 0 Å². The Morgan fingerprint density at radius 3 is 2.39 bits per heavy atom. The average molecular weight is 519 g/mol. The molecule has 0 atom stereocenters. The van der Waals surface area contributed by atoms with Crippen LogP contribution in [0.15, 0.2) is 69.8 Å². The molecule has 0 unspecified atom stereocenters. The Morgan fingerprint density at radius 2 is 1.68 bits per heavy atom. The van der Waals surface area contributed by atoms with E-state index in [1.807, 2.05) is 18.2 Å². The third kappa shape index (κ3) is 4.63. The molecule has 0 spiro atoms. The lowest BCUT2D eigenvalue weighted by molar-refractivity contribution is 0.0849. The van der Waals surface area contributed by atoms with Crippen LogP contribution in [0.5, 0.6) is 0 Å². The quantitative estimate of drug-likeness (QED) is 0.322. The van der Waals surface area contributed by atoms with Crippen molar-refractivity contribution in [3.05, 3.63) is 86.6 Å². The zero-order valence-corrected chi connectivity index (χ0v) is 18.7. The van der Waals surface area contributed by atoms with Crippen molar-refractivity contribution in [2.75, 3.05) is 5.32 Å². The second kappa shape index (κ2) is 8.93. The van der Waals surface area contributed by atoms with E-state index in [0.717, 1.165) is 14.6 Å². The van der Waals surface area contributed by atoms with Gasteiger partial charge in [-0.3, -0.25) is 25.2 Å². The summed E-state index contributed by atoms with van der Waals surface area (Å²) in [6, 6.07) is 14.9. The first-order chi connectivity index (χ1) is 14.9. The number of hydrogen-bond acceptors (Lipinski definition) is 5. The van der Waals surface area contributed by atoms with Crippen molar-refractivity contribution in [2.45, 2.75) is 0 Å². The number of nitrogens with one attached hydrogen (secondary N) is 3. The minimum atomic E-state index is -0.516. The van der Waals surface area contributed by atoms with Crippen molar-refractivity contribution in [3.63, 3.8) is 0 Å². The van der Waals surface area contributed by atoms with Crippen molar-refractivity contribution in [1.29, 1.82) is 0 Å². The van der Waals surface area contributed by atoms with Gasteiger partial charge in [-0.1, -0.05) is 33.6 Å². The highest BCUT2D eigenvalue weighted by atomic mass is 79.9. The number of carbonyl (C=O) groups is 3. The van der Waals surface area contributed by atoms with E-state index in [1.54, 1.807) is 24.3 Å². The highest BCUT2D eigenvalue weighted by Crippen LogP contribution is 2.36. The van der Waals surface area contributed by atoms with Gasteiger partial charge in [0.05, 0.1) is 11.3 Å². The molecule has 0 fully saturated rings. The second-order valence-electron chi connectivity index (χ2n) is 6.30. The number of furan rings is 1. The monoisotopic (exact) mass is 517 g/mol. The van der Waals surface area contributed by atoms with Gasteiger partial charge >= 0.3 is 0 Å². The van der Waals surface area contributed by atoms with Gasteiger partial charge < -0.3 is 9.73 Å². The summed E-state index contributed by atoms with van der Waals surface area (Å²) in [6.45, 7) is 0. The maximum Gasteiger partial charge on any atom is 0.291 e. The van der Waals surface area contributed by atoms with Crippen LogP contribution >= 0.6 is 38.9 Å². The summed E-state index contributed by atoms with van der Waals surface area (Å²) in [7, 11) is 0. The number of hydrazine groups is 1. The van der Waals surface area contributed by atoms with Crippen LogP contribution in [0.2, 0.25) is 5.02 Å². The standard InChI is InChI=1S/C21H13BrClN3O4S/c22-12-5-8-14-16(10-12)31-18(17(14)23)21(29)26-25-19(27)11-3-6-13(7-4-11)24-20(28)15-2-1-9-30-15/h1-10H,(H,24,28)(H,25,27)(H,26,29). The molecule has 4 aromatic rings. The van der Waals surface area contributed by atoms with Crippen LogP contribution in [-0.4, -0.2) is 17.7 Å². The van der Waals surface area contributed by atoms with Gasteiger partial charge in [-0.05, 0) is 48.5 Å². The molecule has 2 aromatic heterocycles. The number of carbonyl (C=O) groups excluding carboxylic acids is 3. The first kappa shape index (κ1) is 21.1. The minimum absolute atomic E-state index is 0.178. The summed E-state index contributed by atoms with van der Waals surface area (Å²) in [5, 5.41) is 3.75. The minimum Gasteiger partial charge on any atom is -0.459 e. The van der Waals surface area contributed by atoms with Crippen molar-refractivity contribution in [3.8, 4) is 0 Å². The van der Waals surface area contributed by atoms with Gasteiger partial charge in [0.2, 0.25) is 0 Å². The number of fused-ring (bicyclic) bond motifs is 1. The van der Waals surface area contributed by atoms with Crippen molar-refractivity contribution in [2.24, 2.45) is 0 Å². The molecular formula is C21H13BrClN3O4S. The molecule has 7 nitrogen and oxygen atoms in total. The molecule has 2 aromatic carbocycles. The van der Waals surface area contributed by atoms with Gasteiger partial charge in [-0.2, -0.15) is 0 Å². The molecule has 0 saturated carbocycles. The van der Waals surface area contributed by atoms with Crippen LogP contribution in [0, 0.1) is 0 Å². The number of hydrogen-bond donors (Lipinski definition) is 3. The van der Waals surface area contributed by atoms with Crippen molar-refractivity contribution < 1.29 is 18.8 Å². The lowest BCUT2D eigenvalue weighted by atomic mass is 10.2. The lowest BCUT2D eigenvalue weighted by Crippen LogP contribution is -2.41. The van der Waals surface area contributed by atoms with Gasteiger partial charge in [0.15, 0.2) is 5.76 Å². The molecule has 0 radical (unpaired) electrons. The van der Waals surface area contributed by atoms with Crippen LogP contribution in [0.3, 0.4) is 0 Å². The van der Waals surface area contributed by atoms with Crippen molar-refractivity contribution >= 4 is 72.4 Å². The van der Waals surface area contributed by atoms with E-state index in [9.17, 15) is 14.4 Å². The number of amides is 3. The molecule has 156 valence electrons. The Hall–Kier alpha value is -3.14. The number of anilines is 1. The summed E-state index contributed by atoms with van der Waals surface area (Å²) >= 11 is 10.9. The fourth-order valence-corrected chi connectivity index (χ4v) is 4.70. The fourth-order valence-electron chi connectivity index (χ4n) is 2.73. The Kier molecular flexibility index (Phi) is 6.08. The Morgan fingerprint density at radius 1 is 0.935 bits per heavy atom. The van der Waals surface area contributed by atoms with Gasteiger partial charge in [-0.15, -0.1) is 11.3 Å². The van der Waals surface area contributed by atoms with E-state index in [2.05, 4.69) is 32.1 Å². The fraction of sp³-hybridized carbons (Fsp3) is 0. The predicted molar refractivity (Wildman–Crippen MR) is 123 cm³/mol. The van der Waals surface area contributed by atoms with Crippen LogP contribution in [0.4, 0.5) is 5.69 Å². The van der Waals surface area contributed by atoms with E-state index in [1.165, 1.54) is 29.7 Å². The average Bonchev–Trinajstić information content (AvgIpc) is 3.41. The molecule has 10 heteroatoms. The number of thiophene rings is 1. The van der Waals surface area contributed by atoms with Gasteiger partial charge in [0, 0.05) is 25.8 Å². The van der Waals surface area contributed by atoms with E-state index < -0.39 is 17.7 Å². The first-order valence-corrected chi connectivity index (χ1v) is 10.8. The van der Waals surface area contributed by atoms with Crippen molar-refractivity contribution in [1.82, 2.24) is 10.9 Å². The Labute approximate surface area is 193 Å². The topological polar surface area (TPSA) is 100 Å². The van der Waals surface area contributed by atoms with E-state index in [0.29, 0.717) is 21.2 Å². The highest BCUT2D eigenvalue weighted by Gasteiger charge is 2.18. The summed E-state index contributed by atoms with van der Waals surface area (Å²) in [6.07, 6.45) is 1.40. The molecule has 0 aliphatic heterocycles. The highest BCUT2D eigenvalue weighted by molar-refractivity contribution is 9.10. The molecule has 3 N–H and O–H groups in total. The summed E-state index contributed by atoms with van der Waals surface area (Å²) < 4.78 is 6.75. The first-order valence-electron chi connectivity index (χ1n) is 8.85. The Balaban J connectivity index is 1.38. The molecule has 0 bridgehead atoms. The molecule has 0 saturated heterocycles. The smallest absolute Gasteiger partial charge is 0.291 e. The normalized spacial score (nSPS) is 10.6. The molecule has 0 aliphatic rings. The van der Waals surface area contributed by atoms with E-state index in [4.69, 9.17) is 16.0 Å². The molecule has 3 amide bonds. The van der Waals surface area contributed by atoms with Gasteiger partial charge in [0.1, 0.15) is 4.88 Å². The molecule has 0 aliphatic carbocycles. The number of benzene rings is 2. The molecule has 31 heavy (non-hydrogen) atoms. The van der Waals surface area contributed by atoms with Crippen LogP contribution < -0.4 is 16.2 Å². The molecular weight excluding hydrogens is 506 g/mol. The van der Waals surface area contributed by atoms with Crippen LogP contribution in [0.1, 0.15) is 30.6 Å². The summed E-state index contributed by atoms with van der Waals surface area (Å²) in [5.74, 6) is -1.26. The zero-order chi connectivity index (χ0) is 22.0. The SMILES string of the molecule is O=C(NNC(=O)c1sc2cc(Br)ccc2c1Cl)c1ccc(NC(=O)c2ccco2)cc1. The summed E-state index contributed by atoms with van der Waals surface area (Å²) in [4.78, 5) is 37.1. The second-order valence-corrected chi connectivity index (χ2v) is 8.65. The molecule has 4 rings (SSSR count). The van der Waals surface area contributed by atoms with Crippen LogP contribution in [0.25, 0.3) is 10.1 Å². The third-order valence-corrected chi connectivity index (χ3v) is 6.39. The lowest BCUT2D eigenvalue weighted by Gasteiger charge is -2.08. The van der Waals surface area contributed by atoms with E-state index in [-0.39, 0.29) is 5.76 Å². The number of halogens is 2. The van der Waals surface area contributed by atoms with Gasteiger partial charge in [0.25, 0.3) is 17.7 Å².